The quantitative estimate of drug-likeness (QED) is 0.723. The van der Waals surface area contributed by atoms with Crippen molar-refractivity contribution >= 4 is 11.0 Å². The van der Waals surface area contributed by atoms with Gasteiger partial charge in [0.15, 0.2) is 0 Å². The van der Waals surface area contributed by atoms with Gasteiger partial charge in [0, 0.05) is 30.0 Å². The molecule has 3 heteroatoms. The van der Waals surface area contributed by atoms with Gasteiger partial charge in [0.2, 0.25) is 0 Å². The van der Waals surface area contributed by atoms with Crippen LogP contribution in [0.5, 0.6) is 0 Å². The number of fused-ring (bicyclic) bond motifs is 1. The molecule has 0 aliphatic carbocycles. The zero-order valence-electron chi connectivity index (χ0n) is 12.2. The van der Waals surface area contributed by atoms with Gasteiger partial charge >= 0.3 is 0 Å². The van der Waals surface area contributed by atoms with Crippen LogP contribution in [-0.2, 0) is 6.54 Å². The van der Waals surface area contributed by atoms with E-state index in [1.165, 1.54) is 16.5 Å². The van der Waals surface area contributed by atoms with Gasteiger partial charge in [0.1, 0.15) is 5.65 Å². The molecule has 0 fully saturated rings. The smallest absolute Gasteiger partial charge is 0.144 e. The number of pyridine rings is 1. The Balaban J connectivity index is 2.26. The third-order valence-electron chi connectivity index (χ3n) is 3.49. The lowest BCUT2D eigenvalue weighted by Gasteiger charge is -2.08. The Kier molecular flexibility index (Phi) is 3.28. The Labute approximate surface area is 119 Å². The van der Waals surface area contributed by atoms with Crippen LogP contribution in [0.15, 0.2) is 48.8 Å². The van der Waals surface area contributed by atoms with E-state index in [0.717, 1.165) is 17.9 Å². The highest BCUT2D eigenvalue weighted by Gasteiger charge is 2.13. The third kappa shape index (κ3) is 2.21. The number of aryl methyl sites for hydroxylation is 1. The van der Waals surface area contributed by atoms with Crippen molar-refractivity contribution in [1.29, 1.82) is 0 Å². The van der Waals surface area contributed by atoms with Crippen LogP contribution in [0.4, 0.5) is 0 Å². The van der Waals surface area contributed by atoms with Crippen LogP contribution in [0, 0.1) is 6.92 Å². The van der Waals surface area contributed by atoms with E-state index in [-0.39, 0.29) is 0 Å². The molecule has 0 radical (unpaired) electrons. The van der Waals surface area contributed by atoms with Crippen LogP contribution >= 0.6 is 0 Å². The molecule has 2 heterocycles. The number of aromatic nitrogens is 2. The molecule has 0 spiro atoms. The summed E-state index contributed by atoms with van der Waals surface area (Å²) in [4.78, 5) is 6.78. The lowest BCUT2D eigenvalue weighted by molar-refractivity contribution is 0.404. The number of rotatable bonds is 3. The fourth-order valence-corrected chi connectivity index (χ4v) is 2.65. The highest BCUT2D eigenvalue weighted by molar-refractivity contribution is 5.85. The van der Waals surface area contributed by atoms with Gasteiger partial charge in [-0.05, 0) is 50.3 Å². The standard InChI is InChI=1S/C17H19N3/c1-13-9-10-18-17-16(13)14(11-19(2)3)12-20(17)15-7-5-4-6-8-15/h4-10,12H,11H2,1-3H3. The van der Waals surface area contributed by atoms with Crippen molar-refractivity contribution < 1.29 is 0 Å². The molecule has 1 aromatic carbocycles. The minimum Gasteiger partial charge on any atom is -0.305 e. The molecule has 2 aromatic heterocycles. The maximum Gasteiger partial charge on any atom is 0.144 e. The normalized spacial score (nSPS) is 11.4. The first-order chi connectivity index (χ1) is 9.66. The summed E-state index contributed by atoms with van der Waals surface area (Å²) in [7, 11) is 4.19. The Hall–Kier alpha value is -2.13. The van der Waals surface area contributed by atoms with Gasteiger partial charge in [0.25, 0.3) is 0 Å². The predicted molar refractivity (Wildman–Crippen MR) is 83.2 cm³/mol. The van der Waals surface area contributed by atoms with Crippen LogP contribution in [-0.4, -0.2) is 28.5 Å². The summed E-state index contributed by atoms with van der Waals surface area (Å²) < 4.78 is 2.18. The Bertz CT molecular complexity index is 727. The highest BCUT2D eigenvalue weighted by atomic mass is 15.1. The highest BCUT2D eigenvalue weighted by Crippen LogP contribution is 2.26. The van der Waals surface area contributed by atoms with E-state index in [1.54, 1.807) is 0 Å². The summed E-state index contributed by atoms with van der Waals surface area (Å²) >= 11 is 0. The van der Waals surface area contributed by atoms with Crippen molar-refractivity contribution in [2.45, 2.75) is 13.5 Å². The summed E-state index contributed by atoms with van der Waals surface area (Å²) in [6.07, 6.45) is 4.09. The molecular formula is C17H19N3. The van der Waals surface area contributed by atoms with Crippen molar-refractivity contribution in [3.8, 4) is 5.69 Å². The molecule has 0 bridgehead atoms. The zero-order valence-corrected chi connectivity index (χ0v) is 12.2. The average molecular weight is 265 g/mol. The van der Waals surface area contributed by atoms with Crippen LogP contribution < -0.4 is 0 Å². The lowest BCUT2D eigenvalue weighted by atomic mass is 10.1. The Morgan fingerprint density at radius 2 is 1.85 bits per heavy atom. The van der Waals surface area contributed by atoms with Gasteiger partial charge in [-0.25, -0.2) is 4.98 Å². The lowest BCUT2D eigenvalue weighted by Crippen LogP contribution is -2.10. The van der Waals surface area contributed by atoms with E-state index in [0.29, 0.717) is 0 Å². The van der Waals surface area contributed by atoms with Gasteiger partial charge in [-0.3, -0.25) is 0 Å². The fraction of sp³-hybridized carbons (Fsp3) is 0.235. The molecule has 0 aliphatic heterocycles. The van der Waals surface area contributed by atoms with Crippen LogP contribution in [0.1, 0.15) is 11.1 Å². The van der Waals surface area contributed by atoms with Gasteiger partial charge in [0.05, 0.1) is 0 Å². The summed E-state index contributed by atoms with van der Waals surface area (Å²) in [6.45, 7) is 3.07. The third-order valence-corrected chi connectivity index (χ3v) is 3.49. The first-order valence-corrected chi connectivity index (χ1v) is 6.82. The topological polar surface area (TPSA) is 21.1 Å². The maximum absolute atomic E-state index is 4.59. The van der Waals surface area contributed by atoms with Gasteiger partial charge in [-0.2, -0.15) is 0 Å². The van der Waals surface area contributed by atoms with Gasteiger partial charge in [-0.15, -0.1) is 0 Å². The van der Waals surface area contributed by atoms with Crippen molar-refractivity contribution in [1.82, 2.24) is 14.5 Å². The SMILES string of the molecule is Cc1ccnc2c1c(CN(C)C)cn2-c1ccccc1. The van der Waals surface area contributed by atoms with Crippen molar-refractivity contribution in [2.24, 2.45) is 0 Å². The molecule has 102 valence electrons. The van der Waals surface area contributed by atoms with Gasteiger partial charge < -0.3 is 9.47 Å². The molecular weight excluding hydrogens is 246 g/mol. The average Bonchev–Trinajstić information content (AvgIpc) is 2.79. The summed E-state index contributed by atoms with van der Waals surface area (Å²) in [6, 6.07) is 12.5. The minimum absolute atomic E-state index is 0.920. The van der Waals surface area contributed by atoms with E-state index >= 15 is 0 Å². The molecule has 0 unspecified atom stereocenters. The second-order valence-electron chi connectivity index (χ2n) is 5.42. The molecule has 0 saturated carbocycles. The number of para-hydroxylation sites is 1. The largest absolute Gasteiger partial charge is 0.305 e. The van der Waals surface area contributed by atoms with E-state index in [4.69, 9.17) is 0 Å². The van der Waals surface area contributed by atoms with E-state index in [1.807, 2.05) is 12.3 Å². The molecule has 3 nitrogen and oxygen atoms in total. The van der Waals surface area contributed by atoms with E-state index < -0.39 is 0 Å². The molecule has 0 saturated heterocycles. The molecule has 0 amide bonds. The molecule has 0 aliphatic rings. The number of benzene rings is 1. The van der Waals surface area contributed by atoms with Crippen molar-refractivity contribution in [2.75, 3.05) is 14.1 Å². The molecule has 3 aromatic rings. The van der Waals surface area contributed by atoms with Gasteiger partial charge in [-0.1, -0.05) is 18.2 Å². The van der Waals surface area contributed by atoms with Crippen LogP contribution in [0.3, 0.4) is 0 Å². The molecule has 0 atom stereocenters. The second kappa shape index (κ2) is 5.10. The molecule has 3 rings (SSSR count). The first-order valence-electron chi connectivity index (χ1n) is 6.82. The zero-order chi connectivity index (χ0) is 14.1. The fourth-order valence-electron chi connectivity index (χ4n) is 2.65. The second-order valence-corrected chi connectivity index (χ2v) is 5.42. The molecule has 20 heavy (non-hydrogen) atoms. The van der Waals surface area contributed by atoms with E-state index in [2.05, 4.69) is 72.0 Å². The molecule has 0 N–H and O–H groups in total. The first kappa shape index (κ1) is 12.9. The summed E-state index contributed by atoms with van der Waals surface area (Å²) in [5.74, 6) is 0. The number of hydrogen-bond acceptors (Lipinski definition) is 2. The summed E-state index contributed by atoms with van der Waals surface area (Å²) in [5, 5.41) is 1.27. The number of hydrogen-bond donors (Lipinski definition) is 0. The monoisotopic (exact) mass is 265 g/mol. The van der Waals surface area contributed by atoms with E-state index in [9.17, 15) is 0 Å². The summed E-state index contributed by atoms with van der Waals surface area (Å²) in [5.41, 5.74) is 4.79. The van der Waals surface area contributed by atoms with Crippen molar-refractivity contribution in [3.63, 3.8) is 0 Å². The Morgan fingerprint density at radius 1 is 1.10 bits per heavy atom. The number of nitrogens with zero attached hydrogens (tertiary/aromatic N) is 3. The van der Waals surface area contributed by atoms with Crippen molar-refractivity contribution in [3.05, 3.63) is 59.9 Å². The van der Waals surface area contributed by atoms with Crippen LogP contribution in [0.2, 0.25) is 0 Å². The van der Waals surface area contributed by atoms with Crippen LogP contribution in [0.25, 0.3) is 16.7 Å². The minimum atomic E-state index is 0.920. The predicted octanol–water partition coefficient (Wildman–Crippen LogP) is 3.40. The maximum atomic E-state index is 4.59. The Morgan fingerprint density at radius 3 is 2.55 bits per heavy atom.